The molecule has 1 amide bonds. The van der Waals surface area contributed by atoms with E-state index in [1.165, 1.54) is 0 Å². The molecule has 0 spiro atoms. The Kier molecular flexibility index (Phi) is 5.18. The third kappa shape index (κ3) is 3.38. The molecule has 0 saturated heterocycles. The van der Waals surface area contributed by atoms with Gasteiger partial charge >= 0.3 is 6.09 Å². The highest BCUT2D eigenvalue weighted by atomic mass is 16.6. The summed E-state index contributed by atoms with van der Waals surface area (Å²) in [6.45, 7) is 5.81. The van der Waals surface area contributed by atoms with Gasteiger partial charge in [-0.25, -0.2) is 4.79 Å². The first-order chi connectivity index (χ1) is 8.74. The lowest BCUT2D eigenvalue weighted by Gasteiger charge is -2.47. The predicted molar refractivity (Wildman–Crippen MR) is 69.2 cm³/mol. The molecule has 0 bridgehead atoms. The number of hydrogen-bond acceptors (Lipinski definition) is 5. The predicted octanol–water partition coefficient (Wildman–Crippen LogP) is 0.237. The van der Waals surface area contributed by atoms with Crippen molar-refractivity contribution in [3.05, 3.63) is 0 Å². The van der Waals surface area contributed by atoms with E-state index in [0.29, 0.717) is 6.42 Å². The highest BCUT2D eigenvalue weighted by molar-refractivity contribution is 5.65. The normalized spacial score (nSPS) is 36.0. The molecular formula is C13H25NO5. The van der Waals surface area contributed by atoms with Crippen LogP contribution in [0.4, 0.5) is 4.79 Å². The van der Waals surface area contributed by atoms with Crippen LogP contribution in [0.25, 0.3) is 0 Å². The van der Waals surface area contributed by atoms with Crippen molar-refractivity contribution >= 4 is 6.09 Å². The van der Waals surface area contributed by atoms with Gasteiger partial charge in [0.1, 0.15) is 0 Å². The lowest BCUT2D eigenvalue weighted by atomic mass is 9.64. The third-order valence-electron chi connectivity index (χ3n) is 4.53. The summed E-state index contributed by atoms with van der Waals surface area (Å²) in [4.78, 5) is 10.9. The average Bonchev–Trinajstić information content (AvgIpc) is 2.34. The minimum absolute atomic E-state index is 0.178. The van der Waals surface area contributed by atoms with Crippen molar-refractivity contribution in [1.82, 2.24) is 0 Å². The van der Waals surface area contributed by atoms with Gasteiger partial charge in [0.2, 0.25) is 0 Å². The van der Waals surface area contributed by atoms with Gasteiger partial charge in [0, 0.05) is 12.5 Å². The first kappa shape index (κ1) is 16.2. The van der Waals surface area contributed by atoms with Gasteiger partial charge in [-0.2, -0.15) is 0 Å². The van der Waals surface area contributed by atoms with E-state index in [1.54, 1.807) is 0 Å². The van der Waals surface area contributed by atoms with Crippen molar-refractivity contribution in [2.45, 2.75) is 51.9 Å². The molecule has 6 nitrogen and oxygen atoms in total. The number of amides is 1. The van der Waals surface area contributed by atoms with E-state index in [-0.39, 0.29) is 17.9 Å². The Morgan fingerprint density at radius 2 is 1.95 bits per heavy atom. The zero-order valence-corrected chi connectivity index (χ0v) is 11.7. The number of primary amides is 1. The van der Waals surface area contributed by atoms with Crippen LogP contribution in [-0.4, -0.2) is 46.3 Å². The standard InChI is InChI=1S/C13H25NO5/c1-4-13(2,3)8-5-7(6-15)9(16)11(10(8)17)19-12(14)18/h7-11,15-17H,4-6H2,1-3H3,(H2,14,18)/t7-,8?,9+,10+,11-/m0/s1. The molecular weight excluding hydrogens is 250 g/mol. The molecule has 1 fully saturated rings. The molecule has 0 radical (unpaired) electrons. The minimum atomic E-state index is -1.10. The van der Waals surface area contributed by atoms with Crippen LogP contribution in [0.5, 0.6) is 0 Å². The lowest BCUT2D eigenvalue weighted by Crippen LogP contribution is -2.57. The van der Waals surface area contributed by atoms with E-state index in [9.17, 15) is 20.1 Å². The zero-order chi connectivity index (χ0) is 14.8. The molecule has 1 saturated carbocycles. The maximum Gasteiger partial charge on any atom is 0.404 e. The third-order valence-corrected chi connectivity index (χ3v) is 4.53. The van der Waals surface area contributed by atoms with Crippen molar-refractivity contribution in [1.29, 1.82) is 0 Å². The molecule has 0 aromatic rings. The van der Waals surface area contributed by atoms with Crippen molar-refractivity contribution in [2.24, 2.45) is 23.0 Å². The summed E-state index contributed by atoms with van der Waals surface area (Å²) in [5.41, 5.74) is 4.79. The average molecular weight is 275 g/mol. The molecule has 0 heterocycles. The Labute approximate surface area is 113 Å². The van der Waals surface area contributed by atoms with Crippen molar-refractivity contribution in [2.75, 3.05) is 6.61 Å². The summed E-state index contributed by atoms with van der Waals surface area (Å²) in [7, 11) is 0. The Morgan fingerprint density at radius 1 is 1.37 bits per heavy atom. The number of carbonyl (C=O) groups excluding carboxylic acids is 1. The summed E-state index contributed by atoms with van der Waals surface area (Å²) < 4.78 is 4.85. The smallest absolute Gasteiger partial charge is 0.404 e. The molecule has 19 heavy (non-hydrogen) atoms. The largest absolute Gasteiger partial charge is 0.441 e. The fraction of sp³-hybridized carbons (Fsp3) is 0.923. The van der Waals surface area contributed by atoms with Gasteiger partial charge in [0.15, 0.2) is 6.10 Å². The highest BCUT2D eigenvalue weighted by Crippen LogP contribution is 2.43. The van der Waals surface area contributed by atoms with E-state index < -0.39 is 30.3 Å². The maximum atomic E-state index is 10.9. The Bertz CT molecular complexity index is 320. The molecule has 0 aromatic carbocycles. The van der Waals surface area contributed by atoms with Gasteiger partial charge in [-0.1, -0.05) is 27.2 Å². The monoisotopic (exact) mass is 275 g/mol. The second-order valence-corrected chi connectivity index (χ2v) is 6.01. The number of carbonyl (C=O) groups is 1. The van der Waals surface area contributed by atoms with Crippen LogP contribution in [0.15, 0.2) is 0 Å². The highest BCUT2D eigenvalue weighted by Gasteiger charge is 2.49. The Morgan fingerprint density at radius 3 is 2.37 bits per heavy atom. The number of aliphatic hydroxyl groups excluding tert-OH is 3. The molecule has 5 N–H and O–H groups in total. The zero-order valence-electron chi connectivity index (χ0n) is 11.7. The molecule has 6 heteroatoms. The second-order valence-electron chi connectivity index (χ2n) is 6.01. The summed E-state index contributed by atoms with van der Waals surface area (Å²) in [5, 5.41) is 29.7. The topological polar surface area (TPSA) is 113 Å². The molecule has 1 aliphatic carbocycles. The molecule has 0 aromatic heterocycles. The quantitative estimate of drug-likeness (QED) is 0.587. The van der Waals surface area contributed by atoms with Crippen LogP contribution in [0.2, 0.25) is 0 Å². The van der Waals surface area contributed by atoms with Gasteiger partial charge in [-0.15, -0.1) is 0 Å². The van der Waals surface area contributed by atoms with Crippen LogP contribution >= 0.6 is 0 Å². The molecule has 5 atom stereocenters. The Balaban J connectivity index is 2.99. The van der Waals surface area contributed by atoms with Gasteiger partial charge in [0.25, 0.3) is 0 Å². The van der Waals surface area contributed by atoms with E-state index in [2.05, 4.69) is 0 Å². The van der Waals surface area contributed by atoms with Crippen molar-refractivity contribution in [3.63, 3.8) is 0 Å². The lowest BCUT2D eigenvalue weighted by molar-refractivity contribution is -0.162. The maximum absolute atomic E-state index is 10.9. The number of ether oxygens (including phenoxy) is 1. The summed E-state index contributed by atoms with van der Waals surface area (Å²) in [5.74, 6) is -0.606. The number of hydrogen-bond donors (Lipinski definition) is 4. The van der Waals surface area contributed by atoms with Gasteiger partial charge < -0.3 is 25.8 Å². The van der Waals surface area contributed by atoms with Gasteiger partial charge in [0.05, 0.1) is 12.2 Å². The van der Waals surface area contributed by atoms with Crippen LogP contribution in [0, 0.1) is 17.3 Å². The van der Waals surface area contributed by atoms with E-state index in [4.69, 9.17) is 10.5 Å². The van der Waals surface area contributed by atoms with E-state index in [0.717, 1.165) is 6.42 Å². The molecule has 1 rings (SSSR count). The first-order valence-electron chi connectivity index (χ1n) is 6.67. The number of nitrogens with two attached hydrogens (primary N) is 1. The van der Waals surface area contributed by atoms with Crippen molar-refractivity contribution < 1.29 is 24.9 Å². The molecule has 1 unspecified atom stereocenters. The molecule has 112 valence electrons. The summed E-state index contributed by atoms with van der Waals surface area (Å²) in [6, 6.07) is 0. The second kappa shape index (κ2) is 6.07. The Hall–Kier alpha value is -0.850. The minimum Gasteiger partial charge on any atom is -0.441 e. The summed E-state index contributed by atoms with van der Waals surface area (Å²) in [6.07, 6.45) is -2.89. The van der Waals surface area contributed by atoms with Crippen molar-refractivity contribution in [3.8, 4) is 0 Å². The van der Waals surface area contributed by atoms with Crippen LogP contribution in [0.1, 0.15) is 33.6 Å². The first-order valence-corrected chi connectivity index (χ1v) is 6.67. The summed E-state index contributed by atoms with van der Waals surface area (Å²) >= 11 is 0. The fourth-order valence-corrected chi connectivity index (χ4v) is 2.80. The molecule has 0 aliphatic heterocycles. The van der Waals surface area contributed by atoms with Gasteiger partial charge in [-0.05, 0) is 17.8 Å². The molecule has 1 aliphatic rings. The van der Waals surface area contributed by atoms with Crippen LogP contribution in [0.3, 0.4) is 0 Å². The van der Waals surface area contributed by atoms with Crippen LogP contribution in [-0.2, 0) is 4.74 Å². The number of aliphatic hydroxyl groups is 3. The van der Waals surface area contributed by atoms with E-state index in [1.807, 2.05) is 20.8 Å². The van der Waals surface area contributed by atoms with Crippen LogP contribution < -0.4 is 5.73 Å². The SMILES string of the molecule is CCC(C)(C)C1C[C@@H](CO)[C@@H](O)[C@H](OC(N)=O)[C@@H]1O. The van der Waals surface area contributed by atoms with Gasteiger partial charge in [-0.3, -0.25) is 0 Å². The van der Waals surface area contributed by atoms with E-state index >= 15 is 0 Å². The fourth-order valence-electron chi connectivity index (χ4n) is 2.80. The number of rotatable bonds is 4.